The maximum Gasteiger partial charge on any atom is 0.253 e. The molecule has 0 saturated carbocycles. The summed E-state index contributed by atoms with van der Waals surface area (Å²) in [6.45, 7) is 3.86. The number of benzene rings is 1. The number of aliphatic hydroxyl groups excluding tert-OH is 3. The Morgan fingerprint density at radius 1 is 0.796 bits per heavy atom. The van der Waals surface area contributed by atoms with Crippen molar-refractivity contribution >= 4 is 105 Å². The van der Waals surface area contributed by atoms with E-state index in [9.17, 15) is 72.9 Å². The Morgan fingerprint density at radius 3 is 2.06 bits per heavy atom. The number of aromatic nitrogens is 1. The van der Waals surface area contributed by atoms with Gasteiger partial charge in [0.05, 0.1) is 110 Å². The fourth-order valence-corrected chi connectivity index (χ4v) is 12.7. The number of amides is 12. The first-order valence-electron chi connectivity index (χ1n) is 30.3. The lowest BCUT2D eigenvalue weighted by Gasteiger charge is -2.32. The van der Waals surface area contributed by atoms with Crippen molar-refractivity contribution in [1.29, 1.82) is 0 Å². The molecule has 1 fully saturated rings. The molecule has 2 aromatic rings. The van der Waals surface area contributed by atoms with Crippen LogP contribution in [0.2, 0.25) is 0 Å². The topological polar surface area (TPSA) is 479 Å². The van der Waals surface area contributed by atoms with E-state index in [2.05, 4.69) is 47.5 Å². The summed E-state index contributed by atoms with van der Waals surface area (Å²) in [6, 6.07) is -7.10. The first-order valence-corrected chi connectivity index (χ1v) is 32.8. The minimum atomic E-state index is -2.47. The third-order valence-electron chi connectivity index (χ3n) is 15.8. The normalized spacial score (nSPS) is 24.0. The molecule has 33 nitrogen and oxygen atoms in total. The van der Waals surface area contributed by atoms with Gasteiger partial charge in [0.2, 0.25) is 64.1 Å². The van der Waals surface area contributed by atoms with Gasteiger partial charge in [0.15, 0.2) is 6.04 Å². The van der Waals surface area contributed by atoms with Crippen LogP contribution in [0, 0.1) is 11.8 Å². The van der Waals surface area contributed by atoms with Gasteiger partial charge in [0.25, 0.3) is 11.8 Å². The maximum atomic E-state index is 15.3. The second kappa shape index (κ2) is 36.8. The molecule has 5 heterocycles. The molecule has 12 amide bonds. The number of carbonyl (C=O) groups excluding carboxylic acids is 12. The third kappa shape index (κ3) is 21.5. The minimum Gasteiger partial charge on any atom is -0.610 e. The van der Waals surface area contributed by atoms with Crippen LogP contribution in [0.4, 0.5) is 0 Å². The van der Waals surface area contributed by atoms with Crippen LogP contribution in [0.3, 0.4) is 0 Å². The number of nitrogens with zero attached hydrogens (tertiary/aromatic N) is 2. The number of carbonyl (C=O) groups is 12. The van der Waals surface area contributed by atoms with Crippen molar-refractivity contribution in [2.45, 2.75) is 112 Å². The number of nitrogens with two attached hydrogens (primary N) is 1. The zero-order chi connectivity index (χ0) is 67.9. The molecule has 0 radical (unpaired) electrons. The molecule has 2 unspecified atom stereocenters. The van der Waals surface area contributed by atoms with Crippen molar-refractivity contribution < 1.29 is 101 Å². The second-order valence-electron chi connectivity index (χ2n) is 22.4. The largest absolute Gasteiger partial charge is 0.610 e. The van der Waals surface area contributed by atoms with Crippen molar-refractivity contribution in [3.05, 3.63) is 35.4 Å². The van der Waals surface area contributed by atoms with Crippen LogP contribution < -0.4 is 53.0 Å². The van der Waals surface area contributed by atoms with Crippen molar-refractivity contribution in [1.82, 2.24) is 57.3 Å². The molecule has 14 N–H and O–H groups in total. The van der Waals surface area contributed by atoms with E-state index in [-0.39, 0.29) is 105 Å². The van der Waals surface area contributed by atoms with Gasteiger partial charge in [-0.3, -0.25) is 62.4 Å². The summed E-state index contributed by atoms with van der Waals surface area (Å²) in [6.07, 6.45) is -2.18. The van der Waals surface area contributed by atoms with Crippen LogP contribution in [-0.4, -0.2) is 265 Å². The van der Waals surface area contributed by atoms with Gasteiger partial charge in [0, 0.05) is 89.6 Å². The van der Waals surface area contributed by atoms with Gasteiger partial charge in [-0.05, 0) is 18.1 Å². The summed E-state index contributed by atoms with van der Waals surface area (Å²) in [7, 11) is 1.40. The van der Waals surface area contributed by atoms with E-state index in [0.717, 1.165) is 9.80 Å². The van der Waals surface area contributed by atoms with Gasteiger partial charge in [0.1, 0.15) is 41.7 Å². The van der Waals surface area contributed by atoms with E-state index in [4.69, 9.17) is 29.4 Å². The summed E-state index contributed by atoms with van der Waals surface area (Å²) in [5.74, 6) is -12.3. The number of H-pyrrole nitrogens is 1. The smallest absolute Gasteiger partial charge is 0.253 e. The predicted molar refractivity (Wildman–Crippen MR) is 330 cm³/mol. The molecule has 0 aliphatic carbocycles. The molecule has 1 saturated heterocycles. The average molecular weight is 1350 g/mol. The first-order chi connectivity index (χ1) is 44.5. The van der Waals surface area contributed by atoms with E-state index in [0.29, 0.717) is 35.5 Å². The van der Waals surface area contributed by atoms with Gasteiger partial charge in [-0.15, -0.1) is 0 Å². The number of imide groups is 1. The lowest BCUT2D eigenvalue weighted by molar-refractivity contribution is -0.144. The average Bonchev–Trinajstić information content (AvgIpc) is 1.63. The molecule has 514 valence electrons. The van der Waals surface area contributed by atoms with E-state index < -0.39 is 176 Å². The number of hydrogen-bond acceptors (Lipinski definition) is 22. The Morgan fingerprint density at radius 2 is 1.43 bits per heavy atom. The summed E-state index contributed by atoms with van der Waals surface area (Å²) < 4.78 is 43.0. The Labute approximate surface area is 542 Å². The second-order valence-corrected chi connectivity index (χ2v) is 24.9. The highest BCUT2D eigenvalue weighted by molar-refractivity contribution is 7.98. The molecule has 2 bridgehead atoms. The SMILES string of the molecule is CC[C@H](C)[C@@H]1NC(=O)CNC(=O)[C@@H]2Cc3c([nH]c4c(CSCCNC(=O)CCOCCOCCOCCOCCN5C(=O)C=CC5=O)c(OC)ccc34)[S+]([O-])C[C@H](NC(=O)CNC1=O)C(=O)N[C@@H](CC(N)=O)C(=O)N1C[C@H](O)CC1C(=O)N[C@@H]([C@@H](C)[C@@H](O)CO)C(=O)N2. The predicted octanol–water partition coefficient (Wildman–Crippen LogP) is -5.89. The minimum absolute atomic E-state index is 0.0475. The molecule has 93 heavy (non-hydrogen) atoms. The Hall–Kier alpha value is -7.48. The molecule has 11 atom stereocenters. The molecule has 35 heteroatoms. The van der Waals surface area contributed by atoms with Crippen LogP contribution in [0.5, 0.6) is 5.75 Å². The van der Waals surface area contributed by atoms with E-state index in [1.54, 1.807) is 26.0 Å². The third-order valence-corrected chi connectivity index (χ3v) is 18.2. The first kappa shape index (κ1) is 74.6. The van der Waals surface area contributed by atoms with E-state index >= 15 is 4.55 Å². The fourth-order valence-electron chi connectivity index (χ4n) is 10.4. The number of nitrogens with one attached hydrogen (secondary N) is 9. The summed E-state index contributed by atoms with van der Waals surface area (Å²) in [5, 5.41) is 52.3. The van der Waals surface area contributed by atoms with Gasteiger partial charge in [-0.2, -0.15) is 11.8 Å². The van der Waals surface area contributed by atoms with Crippen molar-refractivity contribution in [3.63, 3.8) is 0 Å². The molecular formula is C58H84N12O21S2. The van der Waals surface area contributed by atoms with Crippen LogP contribution in [0.15, 0.2) is 29.3 Å². The molecule has 4 aliphatic heterocycles. The Bertz CT molecular complexity index is 3030. The summed E-state index contributed by atoms with van der Waals surface area (Å²) in [4.78, 5) is 168. The molecule has 0 spiro atoms. The van der Waals surface area contributed by atoms with Crippen LogP contribution in [0.1, 0.15) is 57.6 Å². The quantitative estimate of drug-likeness (QED) is 0.0214. The fraction of sp³-hybridized carbons (Fsp3) is 0.621. The van der Waals surface area contributed by atoms with E-state index in [1.807, 2.05) is 0 Å². The molecular weight excluding hydrogens is 1260 g/mol. The lowest BCUT2D eigenvalue weighted by Crippen LogP contribution is -2.62. The highest BCUT2D eigenvalue weighted by Crippen LogP contribution is 2.37. The van der Waals surface area contributed by atoms with Crippen molar-refractivity contribution in [2.24, 2.45) is 17.6 Å². The monoisotopic (exact) mass is 1350 g/mol. The van der Waals surface area contributed by atoms with Gasteiger partial charge in [-0.1, -0.05) is 27.2 Å². The lowest BCUT2D eigenvalue weighted by atomic mass is 9.93. The van der Waals surface area contributed by atoms with Crippen molar-refractivity contribution in [3.8, 4) is 5.75 Å². The number of ether oxygens (including phenoxy) is 5. The molecule has 6 rings (SSSR count). The number of hydrogen-bond donors (Lipinski definition) is 13. The number of primary amides is 1. The number of aliphatic hydroxyl groups is 3. The van der Waals surface area contributed by atoms with E-state index in [1.165, 1.54) is 37.9 Å². The molecule has 1 aromatic carbocycles. The Kier molecular flexibility index (Phi) is 29.5. The zero-order valence-electron chi connectivity index (χ0n) is 52.1. The number of rotatable bonds is 28. The van der Waals surface area contributed by atoms with Gasteiger partial charge >= 0.3 is 0 Å². The number of thioether (sulfide) groups is 1. The Balaban J connectivity index is 1.24. The highest BCUT2D eigenvalue weighted by atomic mass is 32.2. The number of aromatic amines is 1. The van der Waals surface area contributed by atoms with Gasteiger partial charge in [-0.25, -0.2) is 0 Å². The maximum absolute atomic E-state index is 15.3. The standard InChI is InChI=1S/C58H84N12O21S2/c1-5-31(2)49-55(83)62-25-45(76)63-39-30-93(86)57-35(34-6-7-42(87-4)36(51(34)68-57)29-92-21-11-60-44(75)10-13-88-15-17-90-19-20-91-18-16-89-14-12-69-47(78)8-9-48(69)79)23-37(52(80)61-26-46(77)66-49)64-56(84)50(32(3)41(73)28-71)67-54(82)40-22-33(72)27-70(40)58(85)38(24-43(59)74)65-53(39)81/h6-9,31-33,37-41,49-50,68,71-73H,5,10-30H2,1-4H3,(H2,59,74)(H,60,75)(H,61,80)(H,62,83)(H,63,76)(H,64,84)(H,65,81)(H,66,77)(H,67,82)/t31-,32-,33+,37-,38-,39-,40?,41-,49-,50-,93?/m0/s1. The van der Waals surface area contributed by atoms with Crippen LogP contribution >= 0.6 is 11.8 Å². The van der Waals surface area contributed by atoms with Gasteiger partial charge < -0.3 is 102 Å². The molecule has 1 aromatic heterocycles. The number of fused-ring (bicyclic) bond motifs is 5. The summed E-state index contributed by atoms with van der Waals surface area (Å²) in [5.41, 5.74) is 6.44. The highest BCUT2D eigenvalue weighted by Gasteiger charge is 2.46. The summed E-state index contributed by atoms with van der Waals surface area (Å²) >= 11 is -1.11. The van der Waals surface area contributed by atoms with Crippen LogP contribution in [-0.2, 0) is 99.8 Å². The van der Waals surface area contributed by atoms with Crippen LogP contribution in [0.25, 0.3) is 10.9 Å². The molecule has 4 aliphatic rings. The number of methoxy groups -OCH3 is 1. The zero-order valence-corrected chi connectivity index (χ0v) is 53.8. The van der Waals surface area contributed by atoms with Crippen molar-refractivity contribution in [2.75, 3.05) is 111 Å².